The number of hydrogen-bond donors (Lipinski definition) is 1. The standard InChI is InChI=1S/C14H10Cl2F2O2/c1-20-13-6-9(15)8(5-10(13)16)14(19)7-2-3-11(17)12(18)4-7/h2-6,14,19H,1H3. The summed E-state index contributed by atoms with van der Waals surface area (Å²) in [4.78, 5) is 0. The van der Waals surface area contributed by atoms with Crippen LogP contribution in [0.4, 0.5) is 8.78 Å². The zero-order chi connectivity index (χ0) is 14.9. The zero-order valence-electron chi connectivity index (χ0n) is 10.3. The van der Waals surface area contributed by atoms with E-state index in [1.54, 1.807) is 0 Å². The van der Waals surface area contributed by atoms with Crippen molar-refractivity contribution in [2.75, 3.05) is 7.11 Å². The lowest BCUT2D eigenvalue weighted by Gasteiger charge is -2.15. The Morgan fingerprint density at radius 1 is 1.05 bits per heavy atom. The van der Waals surface area contributed by atoms with Gasteiger partial charge >= 0.3 is 0 Å². The third-order valence-corrected chi connectivity index (χ3v) is 3.45. The zero-order valence-corrected chi connectivity index (χ0v) is 11.8. The quantitative estimate of drug-likeness (QED) is 0.911. The normalized spacial score (nSPS) is 12.3. The van der Waals surface area contributed by atoms with E-state index in [1.807, 2.05) is 0 Å². The average molecular weight is 319 g/mol. The molecule has 0 aliphatic heterocycles. The number of ether oxygens (including phenoxy) is 1. The fourth-order valence-corrected chi connectivity index (χ4v) is 2.28. The van der Waals surface area contributed by atoms with Gasteiger partial charge in [0.2, 0.25) is 0 Å². The number of aliphatic hydroxyl groups is 1. The lowest BCUT2D eigenvalue weighted by molar-refractivity contribution is 0.219. The first kappa shape index (κ1) is 15.0. The van der Waals surface area contributed by atoms with Gasteiger partial charge in [0.1, 0.15) is 11.9 Å². The maximum Gasteiger partial charge on any atom is 0.159 e. The molecule has 1 N–H and O–H groups in total. The number of aliphatic hydroxyl groups excluding tert-OH is 1. The summed E-state index contributed by atoms with van der Waals surface area (Å²) in [6.45, 7) is 0. The highest BCUT2D eigenvalue weighted by Crippen LogP contribution is 2.36. The fourth-order valence-electron chi connectivity index (χ4n) is 1.77. The highest BCUT2D eigenvalue weighted by molar-refractivity contribution is 6.34. The smallest absolute Gasteiger partial charge is 0.159 e. The Morgan fingerprint density at radius 3 is 2.35 bits per heavy atom. The Kier molecular flexibility index (Phi) is 4.48. The Hall–Kier alpha value is -1.36. The molecule has 0 aliphatic rings. The van der Waals surface area contributed by atoms with Gasteiger partial charge in [-0.15, -0.1) is 0 Å². The first-order chi connectivity index (χ1) is 9.43. The topological polar surface area (TPSA) is 29.5 Å². The maximum atomic E-state index is 13.2. The van der Waals surface area contributed by atoms with Crippen LogP contribution in [0.5, 0.6) is 5.75 Å². The van der Waals surface area contributed by atoms with Crippen molar-refractivity contribution < 1.29 is 18.6 Å². The van der Waals surface area contributed by atoms with Crippen molar-refractivity contribution in [1.82, 2.24) is 0 Å². The Balaban J connectivity index is 2.45. The van der Waals surface area contributed by atoms with Crippen molar-refractivity contribution in [2.24, 2.45) is 0 Å². The summed E-state index contributed by atoms with van der Waals surface area (Å²) in [6, 6.07) is 6.00. The second kappa shape index (κ2) is 5.95. The van der Waals surface area contributed by atoms with Gasteiger partial charge in [-0.25, -0.2) is 8.78 Å². The molecule has 6 heteroatoms. The van der Waals surface area contributed by atoms with E-state index in [-0.39, 0.29) is 21.2 Å². The summed E-state index contributed by atoms with van der Waals surface area (Å²) in [6.07, 6.45) is -1.22. The van der Waals surface area contributed by atoms with Crippen LogP contribution in [0.1, 0.15) is 17.2 Å². The minimum Gasteiger partial charge on any atom is -0.495 e. The van der Waals surface area contributed by atoms with E-state index in [4.69, 9.17) is 27.9 Å². The van der Waals surface area contributed by atoms with E-state index in [0.717, 1.165) is 12.1 Å². The summed E-state index contributed by atoms with van der Waals surface area (Å²) >= 11 is 12.0. The SMILES string of the molecule is COc1cc(Cl)c(C(O)c2ccc(F)c(F)c2)cc1Cl. The van der Waals surface area contributed by atoms with Crippen molar-refractivity contribution in [3.8, 4) is 5.75 Å². The van der Waals surface area contributed by atoms with Crippen LogP contribution in [0.2, 0.25) is 10.0 Å². The van der Waals surface area contributed by atoms with Gasteiger partial charge in [-0.05, 0) is 23.8 Å². The number of rotatable bonds is 3. The molecule has 0 fully saturated rings. The van der Waals surface area contributed by atoms with Gasteiger partial charge in [0.25, 0.3) is 0 Å². The predicted octanol–water partition coefficient (Wildman–Crippen LogP) is 4.36. The molecule has 2 nitrogen and oxygen atoms in total. The van der Waals surface area contributed by atoms with Crippen LogP contribution in [0.25, 0.3) is 0 Å². The molecule has 0 radical (unpaired) electrons. The molecule has 2 aromatic rings. The predicted molar refractivity (Wildman–Crippen MR) is 73.4 cm³/mol. The molecular formula is C14H10Cl2F2O2. The average Bonchev–Trinajstić information content (AvgIpc) is 2.43. The summed E-state index contributed by atoms with van der Waals surface area (Å²) in [5, 5.41) is 10.7. The molecule has 0 bridgehead atoms. The minimum absolute atomic E-state index is 0.173. The van der Waals surface area contributed by atoms with Gasteiger partial charge in [0.05, 0.1) is 17.2 Å². The Morgan fingerprint density at radius 2 is 1.75 bits per heavy atom. The number of methoxy groups -OCH3 is 1. The van der Waals surface area contributed by atoms with Crippen LogP contribution in [-0.4, -0.2) is 12.2 Å². The van der Waals surface area contributed by atoms with Crippen LogP contribution in [0.3, 0.4) is 0 Å². The molecule has 20 heavy (non-hydrogen) atoms. The molecule has 2 aromatic carbocycles. The third kappa shape index (κ3) is 2.87. The van der Waals surface area contributed by atoms with E-state index in [1.165, 1.54) is 25.3 Å². The van der Waals surface area contributed by atoms with Crippen LogP contribution in [0, 0.1) is 11.6 Å². The van der Waals surface area contributed by atoms with E-state index < -0.39 is 17.7 Å². The summed E-state index contributed by atoms with van der Waals surface area (Å²) < 4.78 is 31.1. The minimum atomic E-state index is -1.22. The molecule has 0 saturated carbocycles. The van der Waals surface area contributed by atoms with Crippen LogP contribution < -0.4 is 4.74 Å². The van der Waals surface area contributed by atoms with Crippen molar-refractivity contribution in [3.63, 3.8) is 0 Å². The number of hydrogen-bond acceptors (Lipinski definition) is 2. The van der Waals surface area contributed by atoms with Gasteiger partial charge < -0.3 is 9.84 Å². The lowest BCUT2D eigenvalue weighted by Crippen LogP contribution is -2.02. The maximum absolute atomic E-state index is 13.2. The highest BCUT2D eigenvalue weighted by atomic mass is 35.5. The second-order valence-corrected chi connectivity index (χ2v) is 4.90. The molecule has 0 spiro atoms. The molecule has 0 amide bonds. The molecule has 0 heterocycles. The molecule has 0 aliphatic carbocycles. The molecule has 106 valence electrons. The third-order valence-electron chi connectivity index (χ3n) is 2.83. The Labute approximate surface area is 124 Å². The van der Waals surface area contributed by atoms with E-state index in [2.05, 4.69) is 0 Å². The van der Waals surface area contributed by atoms with E-state index >= 15 is 0 Å². The van der Waals surface area contributed by atoms with Gasteiger partial charge in [0.15, 0.2) is 11.6 Å². The lowest BCUT2D eigenvalue weighted by atomic mass is 10.0. The van der Waals surface area contributed by atoms with E-state index in [9.17, 15) is 13.9 Å². The van der Waals surface area contributed by atoms with E-state index in [0.29, 0.717) is 5.75 Å². The Bertz CT molecular complexity index is 647. The summed E-state index contributed by atoms with van der Waals surface area (Å²) in [5.41, 5.74) is 0.454. The monoisotopic (exact) mass is 318 g/mol. The van der Waals surface area contributed by atoms with Crippen LogP contribution in [-0.2, 0) is 0 Å². The first-order valence-corrected chi connectivity index (χ1v) is 6.35. The van der Waals surface area contributed by atoms with Crippen LogP contribution >= 0.6 is 23.2 Å². The molecule has 2 rings (SSSR count). The van der Waals surface area contributed by atoms with Gasteiger partial charge in [-0.2, -0.15) is 0 Å². The second-order valence-electron chi connectivity index (χ2n) is 4.08. The summed E-state index contributed by atoms with van der Waals surface area (Å²) in [7, 11) is 1.43. The van der Waals surface area contributed by atoms with Crippen molar-refractivity contribution in [3.05, 3.63) is 63.1 Å². The largest absolute Gasteiger partial charge is 0.495 e. The molecule has 1 atom stereocenters. The van der Waals surface area contributed by atoms with Crippen molar-refractivity contribution in [2.45, 2.75) is 6.10 Å². The number of halogens is 4. The van der Waals surface area contributed by atoms with Crippen molar-refractivity contribution >= 4 is 23.2 Å². The van der Waals surface area contributed by atoms with Crippen LogP contribution in [0.15, 0.2) is 30.3 Å². The van der Waals surface area contributed by atoms with Gasteiger partial charge in [-0.3, -0.25) is 0 Å². The number of benzene rings is 2. The molecule has 0 saturated heterocycles. The molecular weight excluding hydrogens is 309 g/mol. The first-order valence-electron chi connectivity index (χ1n) is 5.60. The molecule has 1 unspecified atom stereocenters. The molecule has 0 aromatic heterocycles. The van der Waals surface area contributed by atoms with Gasteiger partial charge in [0, 0.05) is 11.6 Å². The van der Waals surface area contributed by atoms with Crippen molar-refractivity contribution in [1.29, 1.82) is 0 Å². The fraction of sp³-hybridized carbons (Fsp3) is 0.143. The highest BCUT2D eigenvalue weighted by Gasteiger charge is 2.18. The summed E-state index contributed by atoms with van der Waals surface area (Å²) in [5.74, 6) is -1.67. The van der Waals surface area contributed by atoms with Gasteiger partial charge in [-0.1, -0.05) is 29.3 Å².